The number of hydrogen-bond acceptors (Lipinski definition) is 5. The summed E-state index contributed by atoms with van der Waals surface area (Å²) in [5.74, 6) is 0.616. The summed E-state index contributed by atoms with van der Waals surface area (Å²) in [7, 11) is 0. The lowest BCUT2D eigenvalue weighted by Crippen LogP contribution is -2.02. The Balaban J connectivity index is 2.49. The lowest BCUT2D eigenvalue weighted by molar-refractivity contribution is 1.09. The average Bonchev–Trinajstić information content (AvgIpc) is 2.18. The molecule has 2 aromatic heterocycles. The number of nitrogens with zero attached hydrogens (tertiary/aromatic N) is 4. The first-order chi connectivity index (χ1) is 6.40. The van der Waals surface area contributed by atoms with Crippen LogP contribution in [0, 0.1) is 0 Å². The summed E-state index contributed by atoms with van der Waals surface area (Å²) in [5, 5.41) is 3.02. The van der Waals surface area contributed by atoms with E-state index in [9.17, 15) is 0 Å². The molecule has 66 valence electrons. The molecule has 2 aromatic rings. The minimum Gasteiger partial charge on any atom is -0.354 e. The lowest BCUT2D eigenvalue weighted by atomic mass is 10.4. The van der Waals surface area contributed by atoms with E-state index in [0.717, 1.165) is 17.6 Å². The van der Waals surface area contributed by atoms with Gasteiger partial charge in [-0.15, -0.1) is 0 Å². The molecule has 13 heavy (non-hydrogen) atoms. The van der Waals surface area contributed by atoms with Crippen molar-refractivity contribution < 1.29 is 0 Å². The molecule has 1 N–H and O–H groups in total. The zero-order valence-corrected chi connectivity index (χ0v) is 7.23. The highest BCUT2D eigenvalue weighted by molar-refractivity contribution is 5.72. The molecule has 0 aliphatic rings. The number of aromatic nitrogens is 4. The molecule has 0 fully saturated rings. The largest absolute Gasteiger partial charge is 0.354 e. The summed E-state index contributed by atoms with van der Waals surface area (Å²) in [6.07, 6.45) is 4.84. The van der Waals surface area contributed by atoms with Crippen LogP contribution in [0.3, 0.4) is 0 Å². The van der Waals surface area contributed by atoms with Crippen LogP contribution in [-0.2, 0) is 0 Å². The number of anilines is 1. The summed E-state index contributed by atoms with van der Waals surface area (Å²) in [6.45, 7) is 2.80. The second-order valence-electron chi connectivity index (χ2n) is 2.52. The third kappa shape index (κ3) is 1.53. The molecule has 0 spiro atoms. The van der Waals surface area contributed by atoms with Crippen LogP contribution < -0.4 is 5.32 Å². The summed E-state index contributed by atoms with van der Waals surface area (Å²) < 4.78 is 0. The van der Waals surface area contributed by atoms with Crippen LogP contribution in [0.4, 0.5) is 5.95 Å². The van der Waals surface area contributed by atoms with Crippen molar-refractivity contribution in [2.45, 2.75) is 6.92 Å². The van der Waals surface area contributed by atoms with Crippen molar-refractivity contribution in [3.8, 4) is 0 Å². The number of rotatable bonds is 2. The molecule has 0 amide bonds. The van der Waals surface area contributed by atoms with Crippen molar-refractivity contribution >= 4 is 17.0 Å². The molecule has 2 heterocycles. The van der Waals surface area contributed by atoms with E-state index in [1.807, 2.05) is 6.92 Å². The van der Waals surface area contributed by atoms with Crippen LogP contribution in [0.25, 0.3) is 11.0 Å². The van der Waals surface area contributed by atoms with Crippen molar-refractivity contribution in [3.05, 3.63) is 18.7 Å². The number of fused-ring (bicyclic) bond motifs is 1. The van der Waals surface area contributed by atoms with E-state index in [1.165, 1.54) is 6.33 Å². The fourth-order valence-electron chi connectivity index (χ4n) is 1.03. The number of hydrogen-bond donors (Lipinski definition) is 1. The molecule has 0 unspecified atom stereocenters. The molecule has 0 saturated heterocycles. The quantitative estimate of drug-likeness (QED) is 0.733. The maximum atomic E-state index is 4.22. The van der Waals surface area contributed by atoms with Gasteiger partial charge in [-0.2, -0.15) is 0 Å². The van der Waals surface area contributed by atoms with Gasteiger partial charge < -0.3 is 5.32 Å². The normalized spacial score (nSPS) is 10.2. The summed E-state index contributed by atoms with van der Waals surface area (Å²) >= 11 is 0. The van der Waals surface area contributed by atoms with Gasteiger partial charge in [0, 0.05) is 6.54 Å². The Morgan fingerprint density at radius 1 is 1.23 bits per heavy atom. The van der Waals surface area contributed by atoms with Gasteiger partial charge in [-0.1, -0.05) is 0 Å². The van der Waals surface area contributed by atoms with Crippen LogP contribution in [0.2, 0.25) is 0 Å². The topological polar surface area (TPSA) is 63.6 Å². The first-order valence-electron chi connectivity index (χ1n) is 4.07. The first-order valence-corrected chi connectivity index (χ1v) is 4.07. The molecular weight excluding hydrogens is 166 g/mol. The smallest absolute Gasteiger partial charge is 0.223 e. The predicted octanol–water partition coefficient (Wildman–Crippen LogP) is 0.852. The van der Waals surface area contributed by atoms with E-state index in [0.29, 0.717) is 5.95 Å². The SMILES string of the molecule is CCNc1ncc2ncncc2n1. The van der Waals surface area contributed by atoms with Crippen LogP contribution in [0.15, 0.2) is 18.7 Å². The van der Waals surface area contributed by atoms with Crippen molar-refractivity contribution in [3.63, 3.8) is 0 Å². The Morgan fingerprint density at radius 2 is 2.15 bits per heavy atom. The highest BCUT2D eigenvalue weighted by atomic mass is 15.1. The molecule has 5 nitrogen and oxygen atoms in total. The van der Waals surface area contributed by atoms with Gasteiger partial charge in [-0.05, 0) is 6.92 Å². The van der Waals surface area contributed by atoms with Gasteiger partial charge >= 0.3 is 0 Å². The maximum absolute atomic E-state index is 4.22. The predicted molar refractivity (Wildman–Crippen MR) is 49.3 cm³/mol. The van der Waals surface area contributed by atoms with Crippen molar-refractivity contribution in [1.29, 1.82) is 0 Å². The Bertz CT molecular complexity index is 414. The fourth-order valence-corrected chi connectivity index (χ4v) is 1.03. The molecular formula is C8H9N5. The standard InChI is InChI=1S/C8H9N5/c1-2-10-8-11-4-6-7(13-8)3-9-5-12-6/h3-5H,2H2,1H3,(H,10,11,13). The average molecular weight is 175 g/mol. The van der Waals surface area contributed by atoms with Crippen molar-refractivity contribution in [2.24, 2.45) is 0 Å². The lowest BCUT2D eigenvalue weighted by Gasteiger charge is -2.00. The second-order valence-corrected chi connectivity index (χ2v) is 2.52. The summed E-state index contributed by atoms with van der Waals surface area (Å²) in [4.78, 5) is 16.2. The van der Waals surface area contributed by atoms with Crippen LogP contribution in [0.5, 0.6) is 0 Å². The van der Waals surface area contributed by atoms with Gasteiger partial charge in [-0.25, -0.2) is 19.9 Å². The maximum Gasteiger partial charge on any atom is 0.223 e. The van der Waals surface area contributed by atoms with Gasteiger partial charge in [-0.3, -0.25) is 0 Å². The summed E-state index contributed by atoms with van der Waals surface area (Å²) in [6, 6.07) is 0. The van der Waals surface area contributed by atoms with Crippen LogP contribution in [-0.4, -0.2) is 26.5 Å². The Kier molecular flexibility index (Phi) is 1.99. The second kappa shape index (κ2) is 3.30. The minimum atomic E-state index is 0.616. The highest BCUT2D eigenvalue weighted by Gasteiger charge is 1.97. The monoisotopic (exact) mass is 175 g/mol. The van der Waals surface area contributed by atoms with Crippen molar-refractivity contribution in [2.75, 3.05) is 11.9 Å². The molecule has 0 radical (unpaired) electrons. The van der Waals surface area contributed by atoms with Gasteiger partial charge in [0.25, 0.3) is 0 Å². The molecule has 0 aliphatic heterocycles. The van der Waals surface area contributed by atoms with E-state index >= 15 is 0 Å². The summed E-state index contributed by atoms with van der Waals surface area (Å²) in [5.41, 5.74) is 1.52. The van der Waals surface area contributed by atoms with E-state index in [4.69, 9.17) is 0 Å². The molecule has 0 atom stereocenters. The molecule has 0 saturated carbocycles. The van der Waals surface area contributed by atoms with E-state index in [2.05, 4.69) is 25.3 Å². The van der Waals surface area contributed by atoms with Crippen LogP contribution in [0.1, 0.15) is 6.92 Å². The van der Waals surface area contributed by atoms with E-state index < -0.39 is 0 Å². The number of nitrogens with one attached hydrogen (secondary N) is 1. The third-order valence-electron chi connectivity index (χ3n) is 1.59. The molecule has 5 heteroatoms. The Hall–Kier alpha value is -1.78. The molecule has 0 aliphatic carbocycles. The molecule has 2 rings (SSSR count). The van der Waals surface area contributed by atoms with Crippen molar-refractivity contribution in [1.82, 2.24) is 19.9 Å². The van der Waals surface area contributed by atoms with Gasteiger partial charge in [0.05, 0.1) is 12.4 Å². The van der Waals surface area contributed by atoms with E-state index in [1.54, 1.807) is 12.4 Å². The van der Waals surface area contributed by atoms with Crippen LogP contribution >= 0.6 is 0 Å². The zero-order valence-electron chi connectivity index (χ0n) is 7.23. The zero-order chi connectivity index (χ0) is 9.10. The fraction of sp³-hybridized carbons (Fsp3) is 0.250. The molecule has 0 bridgehead atoms. The Morgan fingerprint density at radius 3 is 3.00 bits per heavy atom. The highest BCUT2D eigenvalue weighted by Crippen LogP contribution is 2.06. The first kappa shape index (κ1) is 7.85. The molecule has 0 aromatic carbocycles. The third-order valence-corrected chi connectivity index (χ3v) is 1.59. The van der Waals surface area contributed by atoms with Gasteiger partial charge in [0.15, 0.2) is 0 Å². The van der Waals surface area contributed by atoms with E-state index in [-0.39, 0.29) is 0 Å². The minimum absolute atomic E-state index is 0.616. The Labute approximate surface area is 75.3 Å². The van der Waals surface area contributed by atoms with Gasteiger partial charge in [0.1, 0.15) is 17.4 Å². The van der Waals surface area contributed by atoms with Gasteiger partial charge in [0.2, 0.25) is 5.95 Å².